The van der Waals surface area contributed by atoms with Crippen LogP contribution in [-0.4, -0.2) is 12.9 Å². The Kier molecular flexibility index (Phi) is 3.24. The van der Waals surface area contributed by atoms with Crippen molar-refractivity contribution in [3.8, 4) is 5.75 Å². The van der Waals surface area contributed by atoms with E-state index >= 15 is 0 Å². The van der Waals surface area contributed by atoms with Gasteiger partial charge in [0.1, 0.15) is 5.75 Å². The van der Waals surface area contributed by atoms with E-state index in [0.29, 0.717) is 0 Å². The summed E-state index contributed by atoms with van der Waals surface area (Å²) in [7, 11) is 1.31. The monoisotopic (exact) mass is 215 g/mol. The summed E-state index contributed by atoms with van der Waals surface area (Å²) in [6, 6.07) is 2.44. The van der Waals surface area contributed by atoms with Crippen LogP contribution in [0, 0.1) is 0 Å². The first-order valence-corrected chi connectivity index (χ1v) is 4.23. The fourth-order valence-corrected chi connectivity index (χ4v) is 1.20. The molecule has 0 unspecified atom stereocenters. The van der Waals surface area contributed by atoms with Crippen molar-refractivity contribution < 1.29 is 18.3 Å². The number of anilines is 1. The lowest BCUT2D eigenvalue weighted by Crippen LogP contribution is -2.03. The molecule has 0 spiro atoms. The molecular formula is C10H11F2NO2. The molecule has 82 valence electrons. The van der Waals surface area contributed by atoms with Crippen molar-refractivity contribution >= 4 is 11.5 Å². The number of halogens is 2. The highest BCUT2D eigenvalue weighted by molar-refractivity contribution is 5.95. The molecule has 0 amide bonds. The molecule has 1 aromatic carbocycles. The third kappa shape index (κ3) is 2.23. The summed E-state index contributed by atoms with van der Waals surface area (Å²) in [5.74, 6) is -0.215. The van der Waals surface area contributed by atoms with Crippen LogP contribution in [0.15, 0.2) is 12.1 Å². The number of ketones is 1. The maximum Gasteiger partial charge on any atom is 0.265 e. The molecule has 0 radical (unpaired) electrons. The molecule has 0 bridgehead atoms. The highest BCUT2D eigenvalue weighted by Crippen LogP contribution is 2.33. The first-order valence-electron chi connectivity index (χ1n) is 4.23. The van der Waals surface area contributed by atoms with Crippen molar-refractivity contribution in [2.24, 2.45) is 0 Å². The van der Waals surface area contributed by atoms with Gasteiger partial charge in [-0.05, 0) is 19.1 Å². The summed E-state index contributed by atoms with van der Waals surface area (Å²) in [5.41, 5.74) is 5.11. The van der Waals surface area contributed by atoms with Crippen molar-refractivity contribution in [1.82, 2.24) is 0 Å². The molecule has 5 heteroatoms. The van der Waals surface area contributed by atoms with Crippen molar-refractivity contribution in [3.05, 3.63) is 23.3 Å². The number of carbonyl (C=O) groups excluding carboxylic acids is 1. The maximum atomic E-state index is 12.5. The molecule has 2 N–H and O–H groups in total. The number of nitrogens with two attached hydrogens (primary N) is 1. The van der Waals surface area contributed by atoms with Gasteiger partial charge in [-0.3, -0.25) is 4.79 Å². The molecule has 0 aliphatic heterocycles. The summed E-state index contributed by atoms with van der Waals surface area (Å²) in [6.07, 6.45) is -2.72. The molecular weight excluding hydrogens is 204 g/mol. The van der Waals surface area contributed by atoms with E-state index in [-0.39, 0.29) is 28.3 Å². The SMILES string of the molecule is COc1cc(C(C)=O)cc(C(F)F)c1N. The zero-order valence-corrected chi connectivity index (χ0v) is 8.38. The van der Waals surface area contributed by atoms with Crippen LogP contribution in [0.25, 0.3) is 0 Å². The standard InChI is InChI=1S/C10H11F2NO2/c1-5(14)6-3-7(10(11)12)9(13)8(4-6)15-2/h3-4,10H,13H2,1-2H3. The first-order chi connectivity index (χ1) is 6.97. The van der Waals surface area contributed by atoms with Crippen LogP contribution >= 0.6 is 0 Å². The van der Waals surface area contributed by atoms with Gasteiger partial charge in [-0.15, -0.1) is 0 Å². The quantitative estimate of drug-likeness (QED) is 0.622. The van der Waals surface area contributed by atoms with E-state index in [1.54, 1.807) is 0 Å². The summed E-state index contributed by atoms with van der Waals surface area (Å²) >= 11 is 0. The Labute approximate surface area is 85.8 Å². The fourth-order valence-electron chi connectivity index (χ4n) is 1.20. The van der Waals surface area contributed by atoms with Crippen molar-refractivity contribution in [1.29, 1.82) is 0 Å². The van der Waals surface area contributed by atoms with Gasteiger partial charge < -0.3 is 10.5 Å². The smallest absolute Gasteiger partial charge is 0.265 e. The predicted molar refractivity (Wildman–Crippen MR) is 52.4 cm³/mol. The lowest BCUT2D eigenvalue weighted by Gasteiger charge is -2.11. The highest BCUT2D eigenvalue weighted by atomic mass is 19.3. The Morgan fingerprint density at radius 2 is 2.07 bits per heavy atom. The average Bonchev–Trinajstić information content (AvgIpc) is 2.17. The first kappa shape index (κ1) is 11.4. The Balaban J connectivity index is 3.38. The summed E-state index contributed by atoms with van der Waals surface area (Å²) in [5, 5.41) is 0. The number of methoxy groups -OCH3 is 1. The summed E-state index contributed by atoms with van der Waals surface area (Å²) < 4.78 is 29.9. The number of nitrogen functional groups attached to an aromatic ring is 1. The number of alkyl halides is 2. The second kappa shape index (κ2) is 4.25. The fraction of sp³-hybridized carbons (Fsp3) is 0.300. The second-order valence-corrected chi connectivity index (χ2v) is 3.04. The molecule has 0 aliphatic rings. The van der Waals surface area contributed by atoms with Gasteiger partial charge >= 0.3 is 0 Å². The van der Waals surface area contributed by atoms with E-state index in [4.69, 9.17) is 10.5 Å². The van der Waals surface area contributed by atoms with E-state index in [1.807, 2.05) is 0 Å². The molecule has 0 heterocycles. The molecule has 0 aliphatic carbocycles. The van der Waals surface area contributed by atoms with Gasteiger partial charge in [0.05, 0.1) is 12.8 Å². The van der Waals surface area contributed by atoms with Crippen molar-refractivity contribution in [3.63, 3.8) is 0 Å². The molecule has 1 rings (SSSR count). The number of rotatable bonds is 3. The van der Waals surface area contributed by atoms with Gasteiger partial charge in [0, 0.05) is 11.1 Å². The number of benzene rings is 1. The van der Waals surface area contributed by atoms with E-state index < -0.39 is 6.43 Å². The Bertz CT molecular complexity index is 391. The van der Waals surface area contributed by atoms with Crippen LogP contribution in [0.3, 0.4) is 0 Å². The molecule has 15 heavy (non-hydrogen) atoms. The Morgan fingerprint density at radius 1 is 1.47 bits per heavy atom. The van der Waals surface area contributed by atoms with Crippen LogP contribution in [0.5, 0.6) is 5.75 Å². The van der Waals surface area contributed by atoms with Crippen LogP contribution < -0.4 is 10.5 Å². The zero-order chi connectivity index (χ0) is 11.6. The number of Topliss-reactive ketones (excluding diaryl/α,β-unsaturated/α-hetero) is 1. The van der Waals surface area contributed by atoms with E-state index in [0.717, 1.165) is 6.07 Å². The van der Waals surface area contributed by atoms with Crippen LogP contribution in [0.2, 0.25) is 0 Å². The van der Waals surface area contributed by atoms with Gasteiger partial charge in [0.15, 0.2) is 5.78 Å². The minimum absolute atomic E-state index is 0.0954. The maximum absolute atomic E-state index is 12.5. The van der Waals surface area contributed by atoms with Crippen molar-refractivity contribution in [2.75, 3.05) is 12.8 Å². The number of hydrogen-bond acceptors (Lipinski definition) is 3. The van der Waals surface area contributed by atoms with Gasteiger partial charge in [0.2, 0.25) is 0 Å². The van der Waals surface area contributed by atoms with E-state index in [2.05, 4.69) is 0 Å². The minimum atomic E-state index is -2.72. The number of hydrogen-bond donors (Lipinski definition) is 1. The van der Waals surface area contributed by atoms with Gasteiger partial charge in [0.25, 0.3) is 6.43 Å². The second-order valence-electron chi connectivity index (χ2n) is 3.04. The largest absolute Gasteiger partial charge is 0.495 e. The molecule has 0 atom stereocenters. The number of ether oxygens (including phenoxy) is 1. The zero-order valence-electron chi connectivity index (χ0n) is 8.38. The highest BCUT2D eigenvalue weighted by Gasteiger charge is 2.17. The van der Waals surface area contributed by atoms with Crippen LogP contribution in [-0.2, 0) is 0 Å². The summed E-state index contributed by atoms with van der Waals surface area (Å²) in [6.45, 7) is 1.29. The lowest BCUT2D eigenvalue weighted by molar-refractivity contribution is 0.101. The Morgan fingerprint density at radius 3 is 2.47 bits per heavy atom. The van der Waals surface area contributed by atoms with Crippen LogP contribution in [0.4, 0.5) is 14.5 Å². The topological polar surface area (TPSA) is 52.3 Å². The predicted octanol–water partition coefficient (Wildman–Crippen LogP) is 2.42. The molecule has 3 nitrogen and oxygen atoms in total. The normalized spacial score (nSPS) is 10.5. The lowest BCUT2D eigenvalue weighted by atomic mass is 10.1. The van der Waals surface area contributed by atoms with Gasteiger partial charge in [-0.25, -0.2) is 8.78 Å². The molecule has 1 aromatic rings. The third-order valence-corrected chi connectivity index (χ3v) is 2.04. The summed E-state index contributed by atoms with van der Waals surface area (Å²) in [4.78, 5) is 11.1. The average molecular weight is 215 g/mol. The van der Waals surface area contributed by atoms with Gasteiger partial charge in [-0.1, -0.05) is 0 Å². The third-order valence-electron chi connectivity index (χ3n) is 2.04. The molecule has 0 fully saturated rings. The molecule has 0 aromatic heterocycles. The van der Waals surface area contributed by atoms with E-state index in [1.165, 1.54) is 20.1 Å². The number of carbonyl (C=O) groups is 1. The van der Waals surface area contributed by atoms with Crippen LogP contribution in [0.1, 0.15) is 29.3 Å². The van der Waals surface area contributed by atoms with E-state index in [9.17, 15) is 13.6 Å². The van der Waals surface area contributed by atoms with Crippen molar-refractivity contribution in [2.45, 2.75) is 13.3 Å². The van der Waals surface area contributed by atoms with Gasteiger partial charge in [-0.2, -0.15) is 0 Å². The Hall–Kier alpha value is -1.65. The molecule has 0 saturated heterocycles. The molecule has 0 saturated carbocycles. The minimum Gasteiger partial charge on any atom is -0.495 e.